The number of alkyl halides is 2. The second kappa shape index (κ2) is 12.6. The zero-order valence-corrected chi connectivity index (χ0v) is 23.2. The SMILES string of the molecule is CC(=O)N1CC(c2ccc(OC(F)F)c(OCC3CC3)c2)C[C@@H]1[C@@H](C)C(=O)NCc1ccc(C(=O)N(C)C)cn1. The maximum Gasteiger partial charge on any atom is 0.387 e. The second-order valence-electron chi connectivity index (χ2n) is 10.8. The number of nitrogens with one attached hydrogen (secondary N) is 1. The van der Waals surface area contributed by atoms with Gasteiger partial charge in [-0.25, -0.2) is 0 Å². The fraction of sp³-hybridized carbons (Fsp3) is 0.517. The van der Waals surface area contributed by atoms with E-state index in [2.05, 4.69) is 15.0 Å². The molecule has 0 radical (unpaired) electrons. The highest BCUT2D eigenvalue weighted by atomic mass is 19.3. The predicted molar refractivity (Wildman–Crippen MR) is 143 cm³/mol. The molecule has 2 heterocycles. The first-order valence-electron chi connectivity index (χ1n) is 13.5. The molecule has 9 nitrogen and oxygen atoms in total. The van der Waals surface area contributed by atoms with Crippen LogP contribution in [0.25, 0.3) is 0 Å². The van der Waals surface area contributed by atoms with E-state index in [1.54, 1.807) is 50.2 Å². The molecule has 2 aromatic rings. The quantitative estimate of drug-likeness (QED) is 0.450. The number of benzene rings is 1. The number of carbonyl (C=O) groups is 3. The van der Waals surface area contributed by atoms with Crippen molar-refractivity contribution in [1.82, 2.24) is 20.1 Å². The fourth-order valence-corrected chi connectivity index (χ4v) is 4.95. The lowest BCUT2D eigenvalue weighted by Crippen LogP contribution is -2.44. The molecule has 1 N–H and O–H groups in total. The number of amides is 3. The Bertz CT molecular complexity index is 1220. The topological polar surface area (TPSA) is 101 Å². The van der Waals surface area contributed by atoms with Gasteiger partial charge in [-0.15, -0.1) is 0 Å². The van der Waals surface area contributed by atoms with Gasteiger partial charge in [-0.05, 0) is 55.0 Å². The standard InChI is InChI=1S/C29H36F2N4O5/c1-17(27(37)33-14-23-9-7-21(13-32-23)28(38)34(3)4)24-11-22(15-35(24)18(2)36)20-8-10-25(40-29(30)31)26(12-20)39-16-19-5-6-19/h7-10,12-13,17,19,22,24,29H,5-6,11,14-16H2,1-4H3,(H,33,37)/t17-,22?,24-/m1/s1. The van der Waals surface area contributed by atoms with E-state index in [1.807, 2.05) is 0 Å². The van der Waals surface area contributed by atoms with Crippen molar-refractivity contribution in [3.8, 4) is 11.5 Å². The van der Waals surface area contributed by atoms with E-state index in [4.69, 9.17) is 4.74 Å². The van der Waals surface area contributed by atoms with Crippen molar-refractivity contribution in [1.29, 1.82) is 0 Å². The molecule has 1 aromatic heterocycles. The largest absolute Gasteiger partial charge is 0.489 e. The van der Waals surface area contributed by atoms with Crippen LogP contribution < -0.4 is 14.8 Å². The van der Waals surface area contributed by atoms with Gasteiger partial charge < -0.3 is 24.6 Å². The van der Waals surface area contributed by atoms with Gasteiger partial charge in [-0.1, -0.05) is 13.0 Å². The van der Waals surface area contributed by atoms with E-state index in [0.717, 1.165) is 18.4 Å². The van der Waals surface area contributed by atoms with E-state index in [1.165, 1.54) is 24.1 Å². The van der Waals surface area contributed by atoms with Crippen molar-refractivity contribution in [2.45, 2.75) is 58.2 Å². The molecule has 2 aliphatic rings. The number of carbonyl (C=O) groups excluding carboxylic acids is 3. The average molecular weight is 559 g/mol. The molecule has 2 fully saturated rings. The third-order valence-electron chi connectivity index (χ3n) is 7.49. The van der Waals surface area contributed by atoms with Gasteiger partial charge in [0, 0.05) is 45.7 Å². The van der Waals surface area contributed by atoms with Crippen LogP contribution in [0.2, 0.25) is 0 Å². The van der Waals surface area contributed by atoms with Crippen LogP contribution >= 0.6 is 0 Å². The van der Waals surface area contributed by atoms with Crippen LogP contribution in [0, 0.1) is 11.8 Å². The van der Waals surface area contributed by atoms with E-state index < -0.39 is 12.5 Å². The van der Waals surface area contributed by atoms with Crippen molar-refractivity contribution in [3.63, 3.8) is 0 Å². The highest BCUT2D eigenvalue weighted by Gasteiger charge is 2.40. The normalized spacial score (nSPS) is 19.3. The number of rotatable bonds is 11. The smallest absolute Gasteiger partial charge is 0.387 e. The van der Waals surface area contributed by atoms with E-state index >= 15 is 0 Å². The summed E-state index contributed by atoms with van der Waals surface area (Å²) in [5.41, 5.74) is 1.90. The summed E-state index contributed by atoms with van der Waals surface area (Å²) in [4.78, 5) is 45.1. The van der Waals surface area contributed by atoms with E-state index in [0.29, 0.717) is 36.7 Å². The Hall–Kier alpha value is -3.76. The average Bonchev–Trinajstić information content (AvgIpc) is 3.65. The number of hydrogen-bond acceptors (Lipinski definition) is 6. The minimum absolute atomic E-state index is 0.0159. The molecule has 1 aliphatic heterocycles. The first kappa shape index (κ1) is 29.2. The monoisotopic (exact) mass is 558 g/mol. The number of pyridine rings is 1. The van der Waals surface area contributed by atoms with E-state index in [9.17, 15) is 23.2 Å². The summed E-state index contributed by atoms with van der Waals surface area (Å²) in [6.07, 6.45) is 4.12. The van der Waals surface area contributed by atoms with Crippen LogP contribution in [0.1, 0.15) is 60.6 Å². The lowest BCUT2D eigenvalue weighted by Gasteiger charge is -2.27. The number of likely N-dealkylation sites (tertiary alicyclic amines) is 1. The number of aromatic nitrogens is 1. The molecule has 1 saturated heterocycles. The van der Waals surface area contributed by atoms with Crippen LogP contribution in [0.5, 0.6) is 11.5 Å². The molecule has 3 atom stereocenters. The van der Waals surface area contributed by atoms with Crippen molar-refractivity contribution in [2.75, 3.05) is 27.2 Å². The van der Waals surface area contributed by atoms with Gasteiger partial charge in [0.1, 0.15) is 0 Å². The number of hydrogen-bond donors (Lipinski definition) is 1. The van der Waals surface area contributed by atoms with Crippen molar-refractivity contribution in [3.05, 3.63) is 53.3 Å². The van der Waals surface area contributed by atoms with Gasteiger partial charge in [0.2, 0.25) is 11.8 Å². The minimum atomic E-state index is -2.97. The highest BCUT2D eigenvalue weighted by Crippen LogP contribution is 2.40. The van der Waals surface area contributed by atoms with E-state index in [-0.39, 0.29) is 47.7 Å². The van der Waals surface area contributed by atoms with Crippen molar-refractivity contribution < 1.29 is 32.6 Å². The molecule has 0 spiro atoms. The molecule has 40 heavy (non-hydrogen) atoms. The molecule has 216 valence electrons. The third kappa shape index (κ3) is 7.25. The summed E-state index contributed by atoms with van der Waals surface area (Å²) in [5, 5.41) is 2.89. The summed E-state index contributed by atoms with van der Waals surface area (Å²) in [6, 6.07) is 7.93. The molecule has 1 aliphatic carbocycles. The Morgan fingerprint density at radius 1 is 1.15 bits per heavy atom. The summed E-state index contributed by atoms with van der Waals surface area (Å²) >= 11 is 0. The molecular formula is C29H36F2N4O5. The summed E-state index contributed by atoms with van der Waals surface area (Å²) in [7, 11) is 3.32. The van der Waals surface area contributed by atoms with Crippen molar-refractivity contribution >= 4 is 17.7 Å². The number of nitrogens with zero attached hydrogens (tertiary/aromatic N) is 3. The van der Waals surface area contributed by atoms with Gasteiger partial charge in [-0.2, -0.15) is 8.78 Å². The molecule has 3 amide bonds. The van der Waals surface area contributed by atoms with Crippen LogP contribution in [-0.2, 0) is 16.1 Å². The number of ether oxygens (including phenoxy) is 2. The lowest BCUT2D eigenvalue weighted by atomic mass is 9.91. The fourth-order valence-electron chi connectivity index (χ4n) is 4.95. The van der Waals surface area contributed by atoms with Crippen LogP contribution in [0.15, 0.2) is 36.5 Å². The summed E-state index contributed by atoms with van der Waals surface area (Å²) in [5.74, 6) is -0.446. The Kier molecular flexibility index (Phi) is 9.21. The Balaban J connectivity index is 1.42. The maximum atomic E-state index is 13.1. The zero-order valence-electron chi connectivity index (χ0n) is 23.2. The first-order chi connectivity index (χ1) is 19.0. The Morgan fingerprint density at radius 2 is 1.90 bits per heavy atom. The molecule has 1 unspecified atom stereocenters. The van der Waals surface area contributed by atoms with Crippen molar-refractivity contribution in [2.24, 2.45) is 11.8 Å². The molecule has 1 aromatic carbocycles. The van der Waals surface area contributed by atoms with Gasteiger partial charge in [0.25, 0.3) is 5.91 Å². The van der Waals surface area contributed by atoms with Gasteiger partial charge in [0.15, 0.2) is 11.5 Å². The lowest BCUT2D eigenvalue weighted by molar-refractivity contribution is -0.133. The van der Waals surface area contributed by atoms with Crippen LogP contribution in [-0.4, -0.2) is 72.4 Å². The summed E-state index contributed by atoms with van der Waals surface area (Å²) < 4.78 is 36.4. The second-order valence-corrected chi connectivity index (χ2v) is 10.8. The maximum absolute atomic E-state index is 13.1. The van der Waals surface area contributed by atoms with Gasteiger partial charge >= 0.3 is 6.61 Å². The molecular weight excluding hydrogens is 522 g/mol. The Labute approximate surface area is 232 Å². The highest BCUT2D eigenvalue weighted by molar-refractivity contribution is 5.93. The molecule has 4 rings (SSSR count). The number of halogens is 2. The molecule has 0 bridgehead atoms. The molecule has 1 saturated carbocycles. The predicted octanol–water partition coefficient (Wildman–Crippen LogP) is 3.83. The van der Waals surface area contributed by atoms with Crippen LogP contribution in [0.3, 0.4) is 0 Å². The zero-order chi connectivity index (χ0) is 29.0. The van der Waals surface area contributed by atoms with Crippen LogP contribution in [0.4, 0.5) is 8.78 Å². The molecule has 11 heteroatoms. The van der Waals surface area contributed by atoms with Gasteiger partial charge in [0.05, 0.1) is 30.3 Å². The third-order valence-corrected chi connectivity index (χ3v) is 7.49. The minimum Gasteiger partial charge on any atom is -0.489 e. The van der Waals surface area contributed by atoms with Gasteiger partial charge in [-0.3, -0.25) is 19.4 Å². The Morgan fingerprint density at radius 3 is 2.50 bits per heavy atom. The first-order valence-corrected chi connectivity index (χ1v) is 13.5. The summed E-state index contributed by atoms with van der Waals surface area (Å²) in [6.45, 7) is 1.32.